The number of rotatable bonds is 8. The summed E-state index contributed by atoms with van der Waals surface area (Å²) >= 11 is 6.17. The van der Waals surface area contributed by atoms with E-state index >= 15 is 0 Å². The van der Waals surface area contributed by atoms with E-state index in [0.717, 1.165) is 6.26 Å². The molecular formula is C25H33ClN4O5SSi. The molecule has 2 atom stereocenters. The molecule has 3 N–H and O–H groups in total. The lowest BCUT2D eigenvalue weighted by atomic mass is 10.1. The summed E-state index contributed by atoms with van der Waals surface area (Å²) in [4.78, 5) is 25.9. The molecule has 0 saturated carbocycles. The first-order valence-corrected chi connectivity index (χ1v) is 16.7. The average molecular weight is 565 g/mol. The first-order chi connectivity index (χ1) is 17.0. The van der Waals surface area contributed by atoms with Crippen LogP contribution in [0.4, 0.5) is 5.69 Å². The third-order valence-electron chi connectivity index (χ3n) is 6.29. The summed E-state index contributed by atoms with van der Waals surface area (Å²) in [6.45, 7) is 12.2. The SMILES string of the molecule is CC(O[Si](C)(C)C(C)(C)C)C(Nc1ccc(C#N)c(Cl)c1)C(=O)NNC(=O)c1ccc(S(C)(=O)=O)cc1. The second kappa shape index (κ2) is 11.6. The first kappa shape index (κ1) is 30.3. The molecule has 0 fully saturated rings. The van der Waals surface area contributed by atoms with Crippen LogP contribution in [0.5, 0.6) is 0 Å². The highest BCUT2D eigenvalue weighted by Crippen LogP contribution is 2.37. The largest absolute Gasteiger partial charge is 0.412 e. The smallest absolute Gasteiger partial charge is 0.269 e. The number of anilines is 1. The van der Waals surface area contributed by atoms with E-state index in [2.05, 4.69) is 50.0 Å². The molecule has 0 radical (unpaired) electrons. The second-order valence-corrected chi connectivity index (χ2v) is 17.4. The van der Waals surface area contributed by atoms with Gasteiger partial charge in [-0.05, 0) is 67.5 Å². The van der Waals surface area contributed by atoms with Crippen molar-refractivity contribution < 1.29 is 22.4 Å². The monoisotopic (exact) mass is 564 g/mol. The number of hydrogen-bond acceptors (Lipinski definition) is 7. The lowest BCUT2D eigenvalue weighted by Gasteiger charge is -2.40. The number of amides is 2. The fraction of sp³-hybridized carbons (Fsp3) is 0.400. The third kappa shape index (κ3) is 8.03. The van der Waals surface area contributed by atoms with Gasteiger partial charge in [-0.3, -0.25) is 20.4 Å². The van der Waals surface area contributed by atoms with E-state index in [-0.39, 0.29) is 20.5 Å². The maximum absolute atomic E-state index is 13.2. The summed E-state index contributed by atoms with van der Waals surface area (Å²) in [6, 6.07) is 11.1. The molecule has 2 amide bonds. The van der Waals surface area contributed by atoms with Crippen LogP contribution in [0.15, 0.2) is 47.4 Å². The molecule has 0 spiro atoms. The Morgan fingerprint density at radius 2 is 1.68 bits per heavy atom. The fourth-order valence-corrected chi connectivity index (χ4v) is 5.37. The van der Waals surface area contributed by atoms with Crippen molar-refractivity contribution in [3.63, 3.8) is 0 Å². The van der Waals surface area contributed by atoms with E-state index in [1.54, 1.807) is 25.1 Å². The highest BCUT2D eigenvalue weighted by molar-refractivity contribution is 7.90. The van der Waals surface area contributed by atoms with Crippen molar-refractivity contribution >= 4 is 47.3 Å². The zero-order valence-electron chi connectivity index (χ0n) is 22.0. The van der Waals surface area contributed by atoms with E-state index in [9.17, 15) is 18.0 Å². The van der Waals surface area contributed by atoms with Crippen LogP contribution in [0, 0.1) is 11.3 Å². The normalized spacial score (nSPS) is 13.7. The Bertz CT molecular complexity index is 1300. The lowest BCUT2D eigenvalue weighted by molar-refractivity contribution is -0.124. The minimum absolute atomic E-state index is 0.0787. The van der Waals surface area contributed by atoms with Gasteiger partial charge in [-0.15, -0.1) is 0 Å². The Balaban J connectivity index is 2.24. The van der Waals surface area contributed by atoms with E-state index in [0.29, 0.717) is 11.3 Å². The molecule has 0 bridgehead atoms. The number of benzene rings is 2. The van der Waals surface area contributed by atoms with E-state index in [1.807, 2.05) is 6.07 Å². The standard InChI is InChI=1S/C25H33ClN4O5SSi/c1-16(35-37(6,7)25(2,3)4)22(28-19-11-8-18(15-27)21(26)14-19)24(32)30-29-23(31)17-9-12-20(13-10-17)36(5,33)34/h8-14,16,22,28H,1-7H3,(H,29,31)(H,30,32). The number of nitrogens with one attached hydrogen (secondary N) is 3. The summed E-state index contributed by atoms with van der Waals surface area (Å²) in [5.74, 6) is -1.18. The molecule has 37 heavy (non-hydrogen) atoms. The molecule has 0 aliphatic rings. The molecular weight excluding hydrogens is 532 g/mol. The number of carbonyl (C=O) groups excluding carboxylic acids is 2. The van der Waals surface area contributed by atoms with Crippen molar-refractivity contribution in [3.05, 3.63) is 58.6 Å². The van der Waals surface area contributed by atoms with Crippen molar-refractivity contribution in [2.75, 3.05) is 11.6 Å². The summed E-state index contributed by atoms with van der Waals surface area (Å²) in [6.07, 6.45) is 0.477. The number of hydrazine groups is 1. The van der Waals surface area contributed by atoms with Gasteiger partial charge in [0.25, 0.3) is 11.8 Å². The Morgan fingerprint density at radius 3 is 2.16 bits per heavy atom. The van der Waals surface area contributed by atoms with Crippen molar-refractivity contribution in [1.29, 1.82) is 5.26 Å². The number of nitrogens with zero attached hydrogens (tertiary/aromatic N) is 1. The number of carbonyl (C=O) groups is 2. The van der Waals surface area contributed by atoms with E-state index < -0.39 is 42.1 Å². The average Bonchev–Trinajstić information content (AvgIpc) is 2.79. The Kier molecular flexibility index (Phi) is 9.54. The third-order valence-corrected chi connectivity index (χ3v) is 12.3. The van der Waals surface area contributed by atoms with Crippen molar-refractivity contribution in [2.45, 2.75) is 62.9 Å². The van der Waals surface area contributed by atoms with Gasteiger partial charge in [0.05, 0.1) is 21.6 Å². The Hall–Kier alpha value is -2.91. The highest BCUT2D eigenvalue weighted by atomic mass is 35.5. The number of nitriles is 1. The predicted octanol–water partition coefficient (Wildman–Crippen LogP) is 4.27. The number of halogens is 1. The summed E-state index contributed by atoms with van der Waals surface area (Å²) < 4.78 is 29.7. The summed E-state index contributed by atoms with van der Waals surface area (Å²) in [7, 11) is -5.67. The molecule has 200 valence electrons. The van der Waals surface area contributed by atoms with Crippen LogP contribution < -0.4 is 16.2 Å². The van der Waals surface area contributed by atoms with Gasteiger partial charge in [-0.2, -0.15) is 5.26 Å². The van der Waals surface area contributed by atoms with Crippen LogP contribution in [-0.2, 0) is 19.1 Å². The zero-order valence-corrected chi connectivity index (χ0v) is 24.5. The molecule has 0 heterocycles. The van der Waals surface area contributed by atoms with Gasteiger partial charge >= 0.3 is 0 Å². The molecule has 2 rings (SSSR count). The second-order valence-electron chi connectivity index (χ2n) is 10.3. The zero-order chi connectivity index (χ0) is 28.2. The first-order valence-electron chi connectivity index (χ1n) is 11.5. The van der Waals surface area contributed by atoms with Crippen molar-refractivity contribution in [1.82, 2.24) is 10.9 Å². The maximum atomic E-state index is 13.2. The molecule has 0 saturated heterocycles. The van der Waals surface area contributed by atoms with Crippen LogP contribution in [0.1, 0.15) is 43.6 Å². The minimum atomic E-state index is -3.40. The van der Waals surface area contributed by atoms with Gasteiger partial charge in [-0.25, -0.2) is 8.42 Å². The molecule has 0 aliphatic heterocycles. The van der Waals surface area contributed by atoms with Crippen LogP contribution >= 0.6 is 11.6 Å². The van der Waals surface area contributed by atoms with Gasteiger partial charge in [-0.1, -0.05) is 32.4 Å². The van der Waals surface area contributed by atoms with Gasteiger partial charge in [0, 0.05) is 17.5 Å². The summed E-state index contributed by atoms with van der Waals surface area (Å²) in [5, 5.41) is 12.4. The topological polar surface area (TPSA) is 137 Å². The maximum Gasteiger partial charge on any atom is 0.269 e. The summed E-state index contributed by atoms with van der Waals surface area (Å²) in [5.41, 5.74) is 5.74. The molecule has 0 aliphatic carbocycles. The van der Waals surface area contributed by atoms with Crippen LogP contribution in [-0.4, -0.2) is 47.0 Å². The van der Waals surface area contributed by atoms with E-state index in [4.69, 9.17) is 21.3 Å². The Labute approximate surface area is 224 Å². The van der Waals surface area contributed by atoms with Crippen LogP contribution in [0.2, 0.25) is 23.2 Å². The van der Waals surface area contributed by atoms with Gasteiger partial charge < -0.3 is 9.74 Å². The molecule has 2 unspecified atom stereocenters. The van der Waals surface area contributed by atoms with Gasteiger partial charge in [0.1, 0.15) is 12.1 Å². The number of hydrogen-bond donors (Lipinski definition) is 3. The van der Waals surface area contributed by atoms with Gasteiger partial charge in [0.15, 0.2) is 18.2 Å². The minimum Gasteiger partial charge on any atom is -0.412 e. The van der Waals surface area contributed by atoms with Crippen LogP contribution in [0.25, 0.3) is 0 Å². The number of sulfone groups is 1. The predicted molar refractivity (Wildman–Crippen MR) is 146 cm³/mol. The van der Waals surface area contributed by atoms with Gasteiger partial charge in [0.2, 0.25) is 0 Å². The molecule has 0 aromatic heterocycles. The van der Waals surface area contributed by atoms with E-state index in [1.165, 1.54) is 24.3 Å². The molecule has 2 aromatic carbocycles. The highest BCUT2D eigenvalue weighted by Gasteiger charge is 2.41. The molecule has 12 heteroatoms. The fourth-order valence-electron chi connectivity index (χ4n) is 3.10. The van der Waals surface area contributed by atoms with Crippen LogP contribution in [0.3, 0.4) is 0 Å². The Morgan fingerprint density at radius 1 is 1.08 bits per heavy atom. The van der Waals surface area contributed by atoms with Crippen molar-refractivity contribution in [3.8, 4) is 6.07 Å². The quantitative estimate of drug-likeness (QED) is 0.321. The molecule has 9 nitrogen and oxygen atoms in total. The lowest BCUT2D eigenvalue weighted by Crippen LogP contribution is -2.55. The van der Waals surface area contributed by atoms with Crippen molar-refractivity contribution in [2.24, 2.45) is 0 Å². The molecule has 2 aromatic rings.